The van der Waals surface area contributed by atoms with Gasteiger partial charge in [-0.2, -0.15) is 13.2 Å². The minimum absolute atomic E-state index is 0.0586. The van der Waals surface area contributed by atoms with E-state index >= 15 is 0 Å². The van der Waals surface area contributed by atoms with Crippen molar-refractivity contribution < 1.29 is 32.5 Å². The van der Waals surface area contributed by atoms with Gasteiger partial charge in [-0.1, -0.05) is 24.3 Å². The Morgan fingerprint density at radius 3 is 2.47 bits per heavy atom. The van der Waals surface area contributed by atoms with Gasteiger partial charge in [-0.3, -0.25) is 9.78 Å². The van der Waals surface area contributed by atoms with Gasteiger partial charge in [0.1, 0.15) is 28.6 Å². The maximum Gasteiger partial charge on any atom is 0.420 e. The summed E-state index contributed by atoms with van der Waals surface area (Å²) >= 11 is 0. The average molecular weight is 439 g/mol. The third-order valence-corrected chi connectivity index (χ3v) is 4.61. The van der Waals surface area contributed by atoms with Gasteiger partial charge < -0.3 is 14.6 Å². The Morgan fingerprint density at radius 1 is 0.906 bits per heavy atom. The number of halogens is 3. The van der Waals surface area contributed by atoms with E-state index in [9.17, 15) is 18.0 Å². The third kappa shape index (κ3) is 4.80. The van der Waals surface area contributed by atoms with Gasteiger partial charge in [0.15, 0.2) is 0 Å². The van der Waals surface area contributed by atoms with Gasteiger partial charge in [0.25, 0.3) is 0 Å². The molecular weight excluding hydrogens is 423 g/mol. The van der Waals surface area contributed by atoms with E-state index in [1.807, 2.05) is 6.07 Å². The summed E-state index contributed by atoms with van der Waals surface area (Å²) in [6, 6.07) is 16.4. The van der Waals surface area contributed by atoms with E-state index in [0.29, 0.717) is 10.9 Å². The lowest BCUT2D eigenvalue weighted by molar-refractivity contribution is -0.139. The molecule has 8 heteroatoms. The lowest BCUT2D eigenvalue weighted by Gasteiger charge is -2.16. The van der Waals surface area contributed by atoms with Crippen molar-refractivity contribution in [2.75, 3.05) is 0 Å². The van der Waals surface area contributed by atoms with Crippen molar-refractivity contribution in [1.29, 1.82) is 0 Å². The van der Waals surface area contributed by atoms with Crippen molar-refractivity contribution in [3.05, 3.63) is 90.3 Å². The van der Waals surface area contributed by atoms with Crippen molar-refractivity contribution in [2.24, 2.45) is 0 Å². The first-order valence-electron chi connectivity index (χ1n) is 9.50. The number of hydrogen-bond acceptors (Lipinski definition) is 4. The topological polar surface area (TPSA) is 68.7 Å². The van der Waals surface area contributed by atoms with Gasteiger partial charge in [-0.15, -0.1) is 0 Å². The second-order valence-corrected chi connectivity index (χ2v) is 6.93. The Kier molecular flexibility index (Phi) is 5.68. The highest BCUT2D eigenvalue weighted by atomic mass is 19.4. The number of nitrogens with zero attached hydrogens (tertiary/aromatic N) is 1. The number of aliphatic carboxylic acids is 1. The highest BCUT2D eigenvalue weighted by molar-refractivity contribution is 5.87. The van der Waals surface area contributed by atoms with Crippen LogP contribution in [0.1, 0.15) is 11.1 Å². The van der Waals surface area contributed by atoms with Crippen LogP contribution in [0.4, 0.5) is 13.2 Å². The second-order valence-electron chi connectivity index (χ2n) is 6.93. The van der Waals surface area contributed by atoms with E-state index in [1.165, 1.54) is 30.5 Å². The maximum absolute atomic E-state index is 13.8. The monoisotopic (exact) mass is 439 g/mol. The Hall–Kier alpha value is -4.07. The number of fused-ring (bicyclic) bond motifs is 1. The molecule has 0 aliphatic carbocycles. The summed E-state index contributed by atoms with van der Waals surface area (Å²) < 4.78 is 52.5. The van der Waals surface area contributed by atoms with Crippen molar-refractivity contribution >= 4 is 16.7 Å². The summed E-state index contributed by atoms with van der Waals surface area (Å²) in [5.41, 5.74) is -0.534. The van der Waals surface area contributed by atoms with Crippen LogP contribution in [0, 0.1) is 0 Å². The predicted molar refractivity (Wildman–Crippen MR) is 111 cm³/mol. The standard InChI is InChI=1S/C24H16F3NO4/c25-24(26,27)20-13-18(31-17-5-1-3-15(11-17)12-23(29)30)7-8-22(20)32-21-6-2-4-16-9-10-28-14-19(16)21/h1-11,13-14H,12H2,(H,29,30). The van der Waals surface area contributed by atoms with Gasteiger partial charge in [0, 0.05) is 17.8 Å². The van der Waals surface area contributed by atoms with Crippen LogP contribution in [0.15, 0.2) is 79.1 Å². The molecule has 0 saturated carbocycles. The molecule has 3 aromatic carbocycles. The smallest absolute Gasteiger partial charge is 0.420 e. The van der Waals surface area contributed by atoms with Crippen LogP contribution in [-0.4, -0.2) is 16.1 Å². The number of alkyl halides is 3. The third-order valence-electron chi connectivity index (χ3n) is 4.61. The molecular formula is C24H16F3NO4. The highest BCUT2D eigenvalue weighted by Gasteiger charge is 2.35. The molecule has 0 aliphatic rings. The molecule has 0 saturated heterocycles. The van der Waals surface area contributed by atoms with E-state index in [0.717, 1.165) is 11.5 Å². The van der Waals surface area contributed by atoms with Crippen LogP contribution >= 0.6 is 0 Å². The first-order chi connectivity index (χ1) is 15.3. The van der Waals surface area contributed by atoms with Crippen molar-refractivity contribution in [2.45, 2.75) is 12.6 Å². The Morgan fingerprint density at radius 2 is 1.69 bits per heavy atom. The molecule has 0 radical (unpaired) electrons. The van der Waals surface area contributed by atoms with E-state index in [4.69, 9.17) is 14.6 Å². The Labute approximate surface area is 180 Å². The molecule has 0 atom stereocenters. The number of aromatic nitrogens is 1. The fourth-order valence-electron chi connectivity index (χ4n) is 3.21. The van der Waals surface area contributed by atoms with Crippen molar-refractivity contribution in [3.63, 3.8) is 0 Å². The first kappa shape index (κ1) is 21.2. The van der Waals surface area contributed by atoms with Gasteiger partial charge >= 0.3 is 12.1 Å². The summed E-state index contributed by atoms with van der Waals surface area (Å²) in [5.74, 6) is -0.981. The van der Waals surface area contributed by atoms with Crippen LogP contribution in [0.25, 0.3) is 10.8 Å². The van der Waals surface area contributed by atoms with Crippen LogP contribution in [0.2, 0.25) is 0 Å². The maximum atomic E-state index is 13.8. The highest BCUT2D eigenvalue weighted by Crippen LogP contribution is 2.42. The predicted octanol–water partition coefficient (Wildman–Crippen LogP) is 6.47. The van der Waals surface area contributed by atoms with Gasteiger partial charge in [-0.25, -0.2) is 0 Å². The number of carbonyl (C=O) groups is 1. The molecule has 0 unspecified atom stereocenters. The van der Waals surface area contributed by atoms with E-state index < -0.39 is 17.7 Å². The van der Waals surface area contributed by atoms with Gasteiger partial charge in [-0.05, 0) is 53.4 Å². The number of carboxylic acid groups (broad SMARTS) is 1. The van der Waals surface area contributed by atoms with Crippen LogP contribution in [-0.2, 0) is 17.4 Å². The number of benzene rings is 3. The summed E-state index contributed by atoms with van der Waals surface area (Å²) in [5, 5.41) is 10.3. The minimum Gasteiger partial charge on any atom is -0.481 e. The molecule has 0 fully saturated rings. The van der Waals surface area contributed by atoms with Crippen molar-refractivity contribution in [3.8, 4) is 23.0 Å². The zero-order valence-electron chi connectivity index (χ0n) is 16.5. The van der Waals surface area contributed by atoms with Crippen LogP contribution in [0.3, 0.4) is 0 Å². The quantitative estimate of drug-likeness (QED) is 0.373. The Balaban J connectivity index is 1.66. The minimum atomic E-state index is -4.69. The lowest BCUT2D eigenvalue weighted by atomic mass is 10.1. The second kappa shape index (κ2) is 8.58. The summed E-state index contributed by atoms with van der Waals surface area (Å²) in [7, 11) is 0. The normalized spacial score (nSPS) is 11.3. The molecule has 32 heavy (non-hydrogen) atoms. The zero-order chi connectivity index (χ0) is 22.7. The molecule has 4 rings (SSSR count). The fourth-order valence-corrected chi connectivity index (χ4v) is 3.21. The average Bonchev–Trinajstić information content (AvgIpc) is 2.74. The molecule has 162 valence electrons. The van der Waals surface area contributed by atoms with Crippen molar-refractivity contribution in [1.82, 2.24) is 4.98 Å². The Bertz CT molecular complexity index is 1280. The molecule has 0 bridgehead atoms. The van der Waals surface area contributed by atoms with Gasteiger partial charge in [0.05, 0.1) is 6.42 Å². The van der Waals surface area contributed by atoms with E-state index in [-0.39, 0.29) is 29.4 Å². The summed E-state index contributed by atoms with van der Waals surface area (Å²) in [6.07, 6.45) is -1.80. The number of carboxylic acids is 1. The molecule has 1 aromatic heterocycles. The molecule has 0 amide bonds. The summed E-state index contributed by atoms with van der Waals surface area (Å²) in [6.45, 7) is 0. The summed E-state index contributed by atoms with van der Waals surface area (Å²) in [4.78, 5) is 14.9. The molecule has 0 spiro atoms. The molecule has 0 aliphatic heterocycles. The van der Waals surface area contributed by atoms with Crippen LogP contribution in [0.5, 0.6) is 23.0 Å². The fraction of sp³-hybridized carbons (Fsp3) is 0.0833. The first-order valence-corrected chi connectivity index (χ1v) is 9.50. The SMILES string of the molecule is O=C(O)Cc1cccc(Oc2ccc(Oc3cccc4ccncc34)c(C(F)(F)F)c2)c1. The molecule has 4 aromatic rings. The zero-order valence-corrected chi connectivity index (χ0v) is 16.5. The number of hydrogen-bond donors (Lipinski definition) is 1. The van der Waals surface area contributed by atoms with E-state index in [1.54, 1.807) is 36.5 Å². The van der Waals surface area contributed by atoms with Gasteiger partial charge in [0.2, 0.25) is 0 Å². The molecule has 1 N–H and O–H groups in total. The number of pyridine rings is 1. The molecule has 5 nitrogen and oxygen atoms in total. The molecule has 1 heterocycles. The number of rotatable bonds is 6. The number of ether oxygens (including phenoxy) is 2. The van der Waals surface area contributed by atoms with E-state index in [2.05, 4.69) is 4.98 Å². The largest absolute Gasteiger partial charge is 0.481 e. The lowest BCUT2D eigenvalue weighted by Crippen LogP contribution is -2.07. The van der Waals surface area contributed by atoms with Crippen LogP contribution < -0.4 is 9.47 Å².